The lowest BCUT2D eigenvalue weighted by atomic mass is 10.0. The first kappa shape index (κ1) is 45.6. The molecule has 1 rings (SSSR count). The number of nitrogens with zero attached hydrogens (tertiary/aromatic N) is 1. The molecule has 0 bridgehead atoms. The van der Waals surface area contributed by atoms with Crippen molar-refractivity contribution in [3.05, 3.63) is 35.9 Å². The third-order valence-corrected chi connectivity index (χ3v) is 10.6. The van der Waals surface area contributed by atoms with Crippen molar-refractivity contribution in [2.24, 2.45) is 0 Å². The predicted molar refractivity (Wildman–Crippen MR) is 207 cm³/mol. The second-order valence-electron chi connectivity index (χ2n) is 14.6. The highest BCUT2D eigenvalue weighted by Crippen LogP contribution is 2.17. The second kappa shape index (κ2) is 35.9. The number of rotatable bonds is 34. The molecule has 0 heterocycles. The lowest BCUT2D eigenvalue weighted by Gasteiger charge is -2.37. The number of aromatic carboxylic acids is 1. The van der Waals surface area contributed by atoms with Crippen molar-refractivity contribution >= 4 is 5.97 Å². The zero-order valence-corrected chi connectivity index (χ0v) is 32.5. The summed E-state index contributed by atoms with van der Waals surface area (Å²) in [7, 11) is 0. The summed E-state index contributed by atoms with van der Waals surface area (Å²) in [5.41, 5.74) is 0.220. The normalized spacial score (nSPS) is 11.4. The summed E-state index contributed by atoms with van der Waals surface area (Å²) in [4.78, 5) is 10.1. The first-order chi connectivity index (χ1) is 23.0. The summed E-state index contributed by atoms with van der Waals surface area (Å²) in [6.07, 6.45) is 42.6. The molecular formula is C44H83NO2. The third kappa shape index (κ3) is 30.4. The summed E-state index contributed by atoms with van der Waals surface area (Å²) in [6.45, 7) is 15.0. The fourth-order valence-corrected chi connectivity index (χ4v) is 7.00. The van der Waals surface area contributed by atoms with Crippen molar-refractivity contribution in [3.8, 4) is 0 Å². The Balaban J connectivity index is 0.00000200. The quantitative estimate of drug-likeness (QED) is 0.0546. The maximum atomic E-state index is 10.1. The minimum Gasteiger partial charge on any atom is -0.545 e. The van der Waals surface area contributed by atoms with Gasteiger partial charge in [0.15, 0.2) is 0 Å². The Bertz CT molecular complexity index is 745. The molecule has 1 aromatic carbocycles. The summed E-state index contributed by atoms with van der Waals surface area (Å²) in [5.74, 6) is -1.13. The number of benzene rings is 1. The van der Waals surface area contributed by atoms with Crippen molar-refractivity contribution < 1.29 is 14.4 Å². The predicted octanol–water partition coefficient (Wildman–Crippen LogP) is 13.2. The number of unbranched alkanes of at least 4 members (excludes halogenated alkanes) is 27. The summed E-state index contributed by atoms with van der Waals surface area (Å²) in [5, 5.41) is 10.1. The van der Waals surface area contributed by atoms with E-state index >= 15 is 0 Å². The highest BCUT2D eigenvalue weighted by atomic mass is 16.4. The molecule has 47 heavy (non-hydrogen) atoms. The summed E-state index contributed by atoms with van der Waals surface area (Å²) >= 11 is 0. The van der Waals surface area contributed by atoms with Crippen LogP contribution < -0.4 is 5.11 Å². The Kier molecular flexibility index (Phi) is 34.9. The van der Waals surface area contributed by atoms with Gasteiger partial charge in [-0.25, -0.2) is 0 Å². The van der Waals surface area contributed by atoms with E-state index in [2.05, 4.69) is 27.7 Å². The standard InChI is InChI=1S/C37H78N.C7H6O2/c1-5-9-11-13-15-17-18-19-20-21-22-23-24-25-26-27-28-29-31-33-35-37-38(7-3,8-4)36-34-32-30-16-14-12-10-6-2;8-7(9)6-4-2-1-3-5-6/h5-37H2,1-4H3;1-5H,(H,8,9)/q+1;/p-1. The first-order valence-electron chi connectivity index (χ1n) is 21.2. The molecule has 0 N–H and O–H groups in total. The Morgan fingerprint density at radius 3 is 0.894 bits per heavy atom. The molecule has 0 spiro atoms. The highest BCUT2D eigenvalue weighted by Gasteiger charge is 2.21. The van der Waals surface area contributed by atoms with Crippen LogP contribution in [-0.4, -0.2) is 36.6 Å². The molecule has 0 aromatic heterocycles. The van der Waals surface area contributed by atoms with Crippen LogP contribution in [0.1, 0.15) is 224 Å². The van der Waals surface area contributed by atoms with Gasteiger partial charge in [0.2, 0.25) is 0 Å². The monoisotopic (exact) mass is 658 g/mol. The van der Waals surface area contributed by atoms with Gasteiger partial charge >= 0.3 is 0 Å². The van der Waals surface area contributed by atoms with Crippen LogP contribution in [0.5, 0.6) is 0 Å². The SMILES string of the molecule is CCCCCCCCCCCCCCCCCCCCCCC[N+](CC)(CC)CCCCCCCCCC.O=C([O-])c1ccccc1. The zero-order valence-electron chi connectivity index (χ0n) is 32.5. The number of carboxylic acids is 1. The fraction of sp³-hybridized carbons (Fsp3) is 0.841. The van der Waals surface area contributed by atoms with E-state index in [-0.39, 0.29) is 5.56 Å². The van der Waals surface area contributed by atoms with Crippen LogP contribution in [0.3, 0.4) is 0 Å². The molecule has 0 unspecified atom stereocenters. The first-order valence-corrected chi connectivity index (χ1v) is 21.2. The van der Waals surface area contributed by atoms with Gasteiger partial charge in [0.05, 0.1) is 32.1 Å². The Morgan fingerprint density at radius 1 is 0.426 bits per heavy atom. The summed E-state index contributed by atoms with van der Waals surface area (Å²) < 4.78 is 1.38. The summed E-state index contributed by atoms with van der Waals surface area (Å²) in [6, 6.07) is 8.06. The van der Waals surface area contributed by atoms with E-state index in [4.69, 9.17) is 0 Å². The van der Waals surface area contributed by atoms with Crippen molar-refractivity contribution in [2.45, 2.75) is 214 Å². The molecule has 3 nitrogen and oxygen atoms in total. The van der Waals surface area contributed by atoms with Crippen LogP contribution in [-0.2, 0) is 0 Å². The molecule has 0 atom stereocenters. The number of carboxylic acid groups (broad SMARTS) is 1. The molecule has 0 saturated heterocycles. The van der Waals surface area contributed by atoms with Crippen LogP contribution in [0, 0.1) is 0 Å². The Morgan fingerprint density at radius 2 is 0.681 bits per heavy atom. The number of quaternary nitrogens is 1. The second-order valence-corrected chi connectivity index (χ2v) is 14.6. The van der Waals surface area contributed by atoms with Gasteiger partial charge in [-0.05, 0) is 45.1 Å². The molecule has 0 radical (unpaired) electrons. The van der Waals surface area contributed by atoms with Crippen LogP contribution in [0.25, 0.3) is 0 Å². The maximum absolute atomic E-state index is 10.1. The van der Waals surface area contributed by atoms with Gasteiger partial charge in [0.1, 0.15) is 0 Å². The van der Waals surface area contributed by atoms with E-state index in [1.165, 1.54) is 229 Å². The minimum atomic E-state index is -1.13. The fourth-order valence-electron chi connectivity index (χ4n) is 7.00. The van der Waals surface area contributed by atoms with E-state index in [0.717, 1.165) is 0 Å². The average molecular weight is 658 g/mol. The molecule has 0 fully saturated rings. The van der Waals surface area contributed by atoms with E-state index in [0.29, 0.717) is 0 Å². The van der Waals surface area contributed by atoms with Gasteiger partial charge < -0.3 is 14.4 Å². The number of carbonyl (C=O) groups is 1. The highest BCUT2D eigenvalue weighted by molar-refractivity contribution is 5.85. The maximum Gasteiger partial charge on any atom is 0.0786 e. The Hall–Kier alpha value is -1.35. The van der Waals surface area contributed by atoms with Crippen molar-refractivity contribution in [3.63, 3.8) is 0 Å². The smallest absolute Gasteiger partial charge is 0.0786 e. The average Bonchev–Trinajstić information content (AvgIpc) is 3.10. The molecular weight excluding hydrogens is 574 g/mol. The third-order valence-electron chi connectivity index (χ3n) is 10.6. The van der Waals surface area contributed by atoms with Crippen molar-refractivity contribution in [2.75, 3.05) is 26.2 Å². The zero-order chi connectivity index (χ0) is 34.5. The Labute approximate surface area is 295 Å². The minimum absolute atomic E-state index is 0.220. The molecule has 0 aliphatic rings. The van der Waals surface area contributed by atoms with Crippen LogP contribution in [0.2, 0.25) is 0 Å². The largest absolute Gasteiger partial charge is 0.545 e. The van der Waals surface area contributed by atoms with E-state index in [1.807, 2.05) is 0 Å². The van der Waals surface area contributed by atoms with Gasteiger partial charge in [-0.15, -0.1) is 0 Å². The van der Waals surface area contributed by atoms with Gasteiger partial charge in [-0.3, -0.25) is 0 Å². The van der Waals surface area contributed by atoms with Crippen molar-refractivity contribution in [1.29, 1.82) is 0 Å². The molecule has 0 aliphatic heterocycles. The number of hydrogen-bond acceptors (Lipinski definition) is 2. The van der Waals surface area contributed by atoms with Gasteiger partial charge in [0.25, 0.3) is 0 Å². The van der Waals surface area contributed by atoms with Crippen LogP contribution >= 0.6 is 0 Å². The lowest BCUT2D eigenvalue weighted by molar-refractivity contribution is -0.925. The topological polar surface area (TPSA) is 40.1 Å². The van der Waals surface area contributed by atoms with Crippen LogP contribution in [0.15, 0.2) is 30.3 Å². The molecule has 0 amide bonds. The van der Waals surface area contributed by atoms with Crippen molar-refractivity contribution in [1.82, 2.24) is 0 Å². The van der Waals surface area contributed by atoms with Gasteiger partial charge in [-0.2, -0.15) is 0 Å². The molecule has 3 heteroatoms. The van der Waals surface area contributed by atoms with Gasteiger partial charge in [0, 0.05) is 0 Å². The van der Waals surface area contributed by atoms with Gasteiger partial charge in [-0.1, -0.05) is 205 Å². The number of carbonyl (C=O) groups excluding carboxylic acids is 1. The lowest BCUT2D eigenvalue weighted by Crippen LogP contribution is -2.49. The molecule has 276 valence electrons. The van der Waals surface area contributed by atoms with E-state index in [1.54, 1.807) is 18.2 Å². The van der Waals surface area contributed by atoms with Crippen LogP contribution in [0.4, 0.5) is 0 Å². The number of hydrogen-bond donors (Lipinski definition) is 0. The van der Waals surface area contributed by atoms with E-state index < -0.39 is 5.97 Å². The molecule has 0 saturated carbocycles. The van der Waals surface area contributed by atoms with E-state index in [9.17, 15) is 9.90 Å². The molecule has 1 aromatic rings. The molecule has 0 aliphatic carbocycles.